The van der Waals surface area contributed by atoms with Crippen LogP contribution in [0.3, 0.4) is 0 Å². The number of nitrogens with one attached hydrogen (secondary N) is 2. The van der Waals surface area contributed by atoms with Gasteiger partial charge in [-0.15, -0.1) is 0 Å². The zero-order chi connectivity index (χ0) is 16.7. The van der Waals surface area contributed by atoms with Crippen molar-refractivity contribution in [2.45, 2.75) is 13.3 Å². The van der Waals surface area contributed by atoms with Crippen molar-refractivity contribution < 1.29 is 9.59 Å². The van der Waals surface area contributed by atoms with Gasteiger partial charge in [0.25, 0.3) is 0 Å². The number of rotatable bonds is 6. The van der Waals surface area contributed by atoms with Crippen LogP contribution in [-0.4, -0.2) is 25.4 Å². The maximum absolute atomic E-state index is 12.2. The fourth-order valence-corrected chi connectivity index (χ4v) is 2.19. The summed E-state index contributed by atoms with van der Waals surface area (Å²) < 4.78 is 0. The summed E-state index contributed by atoms with van der Waals surface area (Å²) in [6.45, 7) is 2.00. The van der Waals surface area contributed by atoms with Gasteiger partial charge in [-0.25, -0.2) is 0 Å². The smallest absolute Gasteiger partial charge is 0.228 e. The Hall–Kier alpha value is -2.82. The van der Waals surface area contributed by atoms with Gasteiger partial charge in [-0.1, -0.05) is 24.3 Å². The summed E-state index contributed by atoms with van der Waals surface area (Å²) in [5.74, 6) is -0.0662. The Morgan fingerprint density at radius 1 is 1.00 bits per heavy atom. The van der Waals surface area contributed by atoms with E-state index < -0.39 is 0 Å². The van der Waals surface area contributed by atoms with Crippen LogP contribution in [0.2, 0.25) is 0 Å². The molecule has 23 heavy (non-hydrogen) atoms. The van der Waals surface area contributed by atoms with Gasteiger partial charge in [-0.2, -0.15) is 0 Å². The van der Waals surface area contributed by atoms with E-state index in [0.29, 0.717) is 13.0 Å². The Morgan fingerprint density at radius 3 is 2.39 bits per heavy atom. The summed E-state index contributed by atoms with van der Waals surface area (Å²) in [5, 5.41) is 5.93. The number of hydrogen-bond donors (Lipinski definition) is 2. The van der Waals surface area contributed by atoms with E-state index in [1.54, 1.807) is 11.9 Å². The molecule has 0 unspecified atom stereocenters. The van der Waals surface area contributed by atoms with Crippen LogP contribution in [0, 0.1) is 0 Å². The molecule has 0 saturated carbocycles. The van der Waals surface area contributed by atoms with Crippen molar-refractivity contribution >= 4 is 28.9 Å². The van der Waals surface area contributed by atoms with Crippen LogP contribution in [0.1, 0.15) is 13.3 Å². The second kappa shape index (κ2) is 7.98. The largest absolute Gasteiger partial charge is 0.384 e. The molecule has 5 heteroatoms. The quantitative estimate of drug-likeness (QED) is 0.861. The van der Waals surface area contributed by atoms with Crippen molar-refractivity contribution in [3.63, 3.8) is 0 Å². The summed E-state index contributed by atoms with van der Waals surface area (Å²) in [6, 6.07) is 17.0. The average Bonchev–Trinajstić information content (AvgIpc) is 2.54. The number of carbonyl (C=O) groups is 2. The van der Waals surface area contributed by atoms with Crippen molar-refractivity contribution in [2.24, 2.45) is 0 Å². The van der Waals surface area contributed by atoms with Crippen molar-refractivity contribution in [3.05, 3.63) is 54.6 Å². The Labute approximate surface area is 136 Å². The topological polar surface area (TPSA) is 61.4 Å². The highest BCUT2D eigenvalue weighted by atomic mass is 16.2. The lowest BCUT2D eigenvalue weighted by molar-refractivity contribution is -0.118. The molecule has 2 rings (SSSR count). The van der Waals surface area contributed by atoms with E-state index in [0.717, 1.165) is 17.1 Å². The van der Waals surface area contributed by atoms with Gasteiger partial charge in [0.05, 0.1) is 0 Å². The molecule has 0 aliphatic heterocycles. The number of hydrogen-bond acceptors (Lipinski definition) is 3. The van der Waals surface area contributed by atoms with Gasteiger partial charge in [0, 0.05) is 44.0 Å². The first kappa shape index (κ1) is 16.5. The molecule has 0 bridgehead atoms. The van der Waals surface area contributed by atoms with Gasteiger partial charge in [-0.3, -0.25) is 9.59 Å². The fourth-order valence-electron chi connectivity index (χ4n) is 2.19. The maximum Gasteiger partial charge on any atom is 0.228 e. The number of amides is 2. The molecule has 0 fully saturated rings. The number of benzene rings is 2. The highest BCUT2D eigenvalue weighted by molar-refractivity contribution is 5.93. The summed E-state index contributed by atoms with van der Waals surface area (Å²) >= 11 is 0. The van der Waals surface area contributed by atoms with Gasteiger partial charge in [0.2, 0.25) is 11.8 Å². The van der Waals surface area contributed by atoms with Crippen LogP contribution in [-0.2, 0) is 9.59 Å². The molecule has 0 aliphatic rings. The van der Waals surface area contributed by atoms with Crippen LogP contribution in [0.25, 0.3) is 0 Å². The van der Waals surface area contributed by atoms with Gasteiger partial charge in [0.15, 0.2) is 0 Å². The minimum atomic E-state index is -0.109. The second-order valence-electron chi connectivity index (χ2n) is 5.23. The normalized spacial score (nSPS) is 10.0. The molecule has 0 spiro atoms. The van der Waals surface area contributed by atoms with E-state index in [-0.39, 0.29) is 11.8 Å². The lowest BCUT2D eigenvalue weighted by Gasteiger charge is -2.17. The molecule has 5 nitrogen and oxygen atoms in total. The first-order valence-corrected chi connectivity index (χ1v) is 7.49. The third kappa shape index (κ3) is 5.14. The molecule has 0 atom stereocenters. The number of carbonyl (C=O) groups excluding carboxylic acids is 2. The Bertz CT molecular complexity index is 671. The van der Waals surface area contributed by atoms with E-state index >= 15 is 0 Å². The molecule has 2 aromatic rings. The van der Waals surface area contributed by atoms with Crippen molar-refractivity contribution in [1.82, 2.24) is 0 Å². The summed E-state index contributed by atoms with van der Waals surface area (Å²) in [5.41, 5.74) is 2.48. The summed E-state index contributed by atoms with van der Waals surface area (Å²) in [7, 11) is 1.77. The predicted molar refractivity (Wildman–Crippen MR) is 93.7 cm³/mol. The molecule has 2 aromatic carbocycles. The standard InChI is InChI=1S/C18H21N3O2/c1-14(22)20-16-8-6-7-15(13-16)19-12-11-18(23)21(2)17-9-4-3-5-10-17/h3-10,13,19H,11-12H2,1-2H3,(H,20,22). The van der Waals surface area contributed by atoms with E-state index in [4.69, 9.17) is 0 Å². The molecular formula is C18H21N3O2. The van der Waals surface area contributed by atoms with Crippen LogP contribution in [0.15, 0.2) is 54.6 Å². The molecule has 0 heterocycles. The van der Waals surface area contributed by atoms with E-state index in [1.807, 2.05) is 54.6 Å². The first-order valence-electron chi connectivity index (χ1n) is 7.49. The van der Waals surface area contributed by atoms with E-state index in [9.17, 15) is 9.59 Å². The van der Waals surface area contributed by atoms with Gasteiger partial charge < -0.3 is 15.5 Å². The monoisotopic (exact) mass is 311 g/mol. The Balaban J connectivity index is 1.85. The lowest BCUT2D eigenvalue weighted by atomic mass is 10.2. The third-order valence-electron chi connectivity index (χ3n) is 3.37. The average molecular weight is 311 g/mol. The van der Waals surface area contributed by atoms with Crippen molar-refractivity contribution in [2.75, 3.05) is 29.1 Å². The van der Waals surface area contributed by atoms with E-state index in [1.165, 1.54) is 6.92 Å². The maximum atomic E-state index is 12.2. The molecule has 0 saturated heterocycles. The second-order valence-corrected chi connectivity index (χ2v) is 5.23. The van der Waals surface area contributed by atoms with Gasteiger partial charge >= 0.3 is 0 Å². The van der Waals surface area contributed by atoms with Crippen LogP contribution >= 0.6 is 0 Å². The van der Waals surface area contributed by atoms with Crippen LogP contribution < -0.4 is 15.5 Å². The van der Waals surface area contributed by atoms with Crippen molar-refractivity contribution in [1.29, 1.82) is 0 Å². The van der Waals surface area contributed by atoms with Gasteiger partial charge in [-0.05, 0) is 30.3 Å². The molecule has 0 radical (unpaired) electrons. The first-order chi connectivity index (χ1) is 11.1. The Morgan fingerprint density at radius 2 is 1.70 bits per heavy atom. The fraction of sp³-hybridized carbons (Fsp3) is 0.222. The van der Waals surface area contributed by atoms with E-state index in [2.05, 4.69) is 10.6 Å². The third-order valence-corrected chi connectivity index (χ3v) is 3.37. The highest BCUT2D eigenvalue weighted by Gasteiger charge is 2.09. The molecule has 2 amide bonds. The summed E-state index contributed by atoms with van der Waals surface area (Å²) in [6.07, 6.45) is 0.385. The SMILES string of the molecule is CC(=O)Nc1cccc(NCCC(=O)N(C)c2ccccc2)c1. The Kier molecular flexibility index (Phi) is 5.74. The molecular weight excluding hydrogens is 290 g/mol. The lowest BCUT2D eigenvalue weighted by Crippen LogP contribution is -2.27. The molecule has 0 aromatic heterocycles. The number of anilines is 3. The van der Waals surface area contributed by atoms with Crippen molar-refractivity contribution in [3.8, 4) is 0 Å². The number of para-hydroxylation sites is 1. The molecule has 0 aliphatic carbocycles. The molecule has 120 valence electrons. The highest BCUT2D eigenvalue weighted by Crippen LogP contribution is 2.16. The summed E-state index contributed by atoms with van der Waals surface area (Å²) in [4.78, 5) is 24.9. The van der Waals surface area contributed by atoms with Crippen LogP contribution in [0.5, 0.6) is 0 Å². The zero-order valence-corrected chi connectivity index (χ0v) is 13.4. The number of nitrogens with zero attached hydrogens (tertiary/aromatic N) is 1. The zero-order valence-electron chi connectivity index (χ0n) is 13.4. The van der Waals surface area contributed by atoms with Gasteiger partial charge in [0.1, 0.15) is 0 Å². The predicted octanol–water partition coefficient (Wildman–Crippen LogP) is 3.11. The minimum Gasteiger partial charge on any atom is -0.384 e. The van der Waals surface area contributed by atoms with Crippen LogP contribution in [0.4, 0.5) is 17.1 Å². The molecule has 2 N–H and O–H groups in total. The minimum absolute atomic E-state index is 0.0433.